The molecular formula is C12H15F3N2O2. The molecule has 0 radical (unpaired) electrons. The molecule has 0 atom stereocenters. The van der Waals surface area contributed by atoms with Crippen LogP contribution < -0.4 is 11.3 Å². The normalized spacial score (nSPS) is 11.4. The first-order valence-corrected chi connectivity index (χ1v) is 5.67. The molecule has 0 unspecified atom stereocenters. The van der Waals surface area contributed by atoms with E-state index in [1.807, 2.05) is 5.43 Å². The lowest BCUT2D eigenvalue weighted by molar-refractivity contribution is -0.138. The fraction of sp³-hybridized carbons (Fsp3) is 0.417. The number of ether oxygens (including phenoxy) is 1. The first-order valence-electron chi connectivity index (χ1n) is 5.67. The van der Waals surface area contributed by atoms with Crippen molar-refractivity contribution in [2.45, 2.75) is 25.6 Å². The lowest BCUT2D eigenvalue weighted by Crippen LogP contribution is -2.29. The van der Waals surface area contributed by atoms with Crippen LogP contribution in [0.4, 0.5) is 13.2 Å². The molecule has 0 aliphatic carbocycles. The van der Waals surface area contributed by atoms with Gasteiger partial charge in [-0.2, -0.15) is 13.2 Å². The zero-order valence-corrected chi connectivity index (χ0v) is 10.2. The number of nitrogens with two attached hydrogens (primary N) is 1. The van der Waals surface area contributed by atoms with E-state index < -0.39 is 18.5 Å². The highest BCUT2D eigenvalue weighted by Crippen LogP contribution is 2.21. The molecule has 0 spiro atoms. The van der Waals surface area contributed by atoms with Crippen LogP contribution in [0.25, 0.3) is 0 Å². The van der Waals surface area contributed by atoms with Gasteiger partial charge in [0.1, 0.15) is 0 Å². The number of nitrogens with one attached hydrogen (secondary N) is 1. The number of halogens is 3. The maximum absolute atomic E-state index is 11.9. The summed E-state index contributed by atoms with van der Waals surface area (Å²) < 4.78 is 40.7. The number of benzene rings is 1. The molecule has 3 N–H and O–H groups in total. The summed E-state index contributed by atoms with van der Waals surface area (Å²) in [4.78, 5) is 11.3. The third-order valence-corrected chi connectivity index (χ3v) is 2.34. The van der Waals surface area contributed by atoms with Gasteiger partial charge in [-0.15, -0.1) is 0 Å². The minimum atomic E-state index is -4.15. The Morgan fingerprint density at radius 2 is 2.11 bits per heavy atom. The van der Waals surface area contributed by atoms with Crippen molar-refractivity contribution in [1.82, 2.24) is 5.43 Å². The van der Waals surface area contributed by atoms with Crippen LogP contribution in [-0.2, 0) is 11.3 Å². The van der Waals surface area contributed by atoms with Gasteiger partial charge in [-0.05, 0) is 24.1 Å². The van der Waals surface area contributed by atoms with Crippen LogP contribution in [0.2, 0.25) is 0 Å². The van der Waals surface area contributed by atoms with Gasteiger partial charge in [0.05, 0.1) is 6.61 Å². The van der Waals surface area contributed by atoms with Crippen LogP contribution in [0, 0.1) is 0 Å². The molecule has 1 aromatic rings. The fourth-order valence-electron chi connectivity index (χ4n) is 1.45. The third kappa shape index (κ3) is 6.21. The maximum atomic E-state index is 11.9. The molecule has 0 bridgehead atoms. The number of carbonyl (C=O) groups excluding carboxylic acids is 1. The summed E-state index contributed by atoms with van der Waals surface area (Å²) in [6.45, 7) is 0.177. The Bertz CT molecular complexity index is 422. The summed E-state index contributed by atoms with van der Waals surface area (Å²) in [6, 6.07) is 6.53. The van der Waals surface area contributed by atoms with Crippen LogP contribution in [0.5, 0.6) is 0 Å². The predicted octanol–water partition coefficient (Wildman–Crippen LogP) is 2.15. The lowest BCUT2D eigenvalue weighted by atomic mass is 10.1. The lowest BCUT2D eigenvalue weighted by Gasteiger charge is -2.08. The fourth-order valence-corrected chi connectivity index (χ4v) is 1.45. The van der Waals surface area contributed by atoms with Gasteiger partial charge in [0.15, 0.2) is 0 Å². The summed E-state index contributed by atoms with van der Waals surface area (Å²) in [5.41, 5.74) is 3.07. The molecule has 1 amide bonds. The number of hydrogen-bond acceptors (Lipinski definition) is 3. The van der Waals surface area contributed by atoms with Crippen molar-refractivity contribution in [3.8, 4) is 0 Å². The van der Waals surface area contributed by atoms with E-state index in [0.29, 0.717) is 11.1 Å². The SMILES string of the molecule is NNC(=O)c1cccc(COCCCC(F)(F)F)c1. The molecule has 19 heavy (non-hydrogen) atoms. The average Bonchev–Trinajstić information content (AvgIpc) is 2.36. The molecule has 0 fully saturated rings. The molecule has 1 aromatic carbocycles. The molecule has 0 aliphatic rings. The number of nitrogen functional groups attached to an aromatic ring is 1. The quantitative estimate of drug-likeness (QED) is 0.362. The van der Waals surface area contributed by atoms with Gasteiger partial charge >= 0.3 is 6.18 Å². The first kappa shape index (κ1) is 15.5. The summed E-state index contributed by atoms with van der Waals surface area (Å²) in [6.07, 6.45) is -5.09. The van der Waals surface area contributed by atoms with Gasteiger partial charge in [-0.3, -0.25) is 10.2 Å². The van der Waals surface area contributed by atoms with Gasteiger partial charge in [0.25, 0.3) is 5.91 Å². The first-order chi connectivity index (χ1) is 8.92. The Hall–Kier alpha value is -1.60. The van der Waals surface area contributed by atoms with E-state index >= 15 is 0 Å². The Balaban J connectivity index is 2.35. The summed E-state index contributed by atoms with van der Waals surface area (Å²) in [5, 5.41) is 0. The molecule has 106 valence electrons. The zero-order valence-electron chi connectivity index (χ0n) is 10.2. The number of carbonyl (C=O) groups is 1. The van der Waals surface area contributed by atoms with Gasteiger partial charge in [0, 0.05) is 18.6 Å². The second-order valence-electron chi connectivity index (χ2n) is 3.95. The van der Waals surface area contributed by atoms with Crippen molar-refractivity contribution in [2.75, 3.05) is 6.61 Å². The molecule has 0 aromatic heterocycles. The number of alkyl halides is 3. The van der Waals surface area contributed by atoms with E-state index in [4.69, 9.17) is 10.6 Å². The van der Waals surface area contributed by atoms with Gasteiger partial charge < -0.3 is 4.74 Å². The monoisotopic (exact) mass is 276 g/mol. The van der Waals surface area contributed by atoms with E-state index in [-0.39, 0.29) is 19.6 Å². The topological polar surface area (TPSA) is 64.3 Å². The van der Waals surface area contributed by atoms with Gasteiger partial charge in [0.2, 0.25) is 0 Å². The van der Waals surface area contributed by atoms with Crippen molar-refractivity contribution >= 4 is 5.91 Å². The second kappa shape index (κ2) is 7.10. The van der Waals surface area contributed by atoms with E-state index in [1.165, 1.54) is 0 Å². The molecule has 0 aliphatic heterocycles. The molecule has 1 rings (SSSR count). The van der Waals surface area contributed by atoms with Crippen LogP contribution >= 0.6 is 0 Å². The predicted molar refractivity (Wildman–Crippen MR) is 63.0 cm³/mol. The molecule has 0 heterocycles. The maximum Gasteiger partial charge on any atom is 0.389 e. The van der Waals surface area contributed by atoms with E-state index in [0.717, 1.165) is 0 Å². The molecule has 7 heteroatoms. The van der Waals surface area contributed by atoms with E-state index in [2.05, 4.69) is 0 Å². The molecule has 0 saturated heterocycles. The Morgan fingerprint density at radius 3 is 2.74 bits per heavy atom. The summed E-state index contributed by atoms with van der Waals surface area (Å²) in [5.74, 6) is 4.57. The van der Waals surface area contributed by atoms with Crippen molar-refractivity contribution in [3.63, 3.8) is 0 Å². The van der Waals surface area contributed by atoms with Crippen molar-refractivity contribution < 1.29 is 22.7 Å². The largest absolute Gasteiger partial charge is 0.389 e. The average molecular weight is 276 g/mol. The van der Waals surface area contributed by atoms with Gasteiger partial charge in [-0.25, -0.2) is 5.84 Å². The third-order valence-electron chi connectivity index (χ3n) is 2.34. The molecule has 4 nitrogen and oxygen atoms in total. The van der Waals surface area contributed by atoms with E-state index in [1.54, 1.807) is 24.3 Å². The van der Waals surface area contributed by atoms with Crippen LogP contribution in [0.3, 0.4) is 0 Å². The second-order valence-corrected chi connectivity index (χ2v) is 3.95. The standard InChI is InChI=1S/C12H15F3N2O2/c13-12(14,15)5-2-6-19-8-9-3-1-4-10(7-9)11(18)17-16/h1,3-4,7H,2,5-6,8,16H2,(H,17,18). The minimum Gasteiger partial charge on any atom is -0.377 e. The highest BCUT2D eigenvalue weighted by molar-refractivity contribution is 5.93. The Morgan fingerprint density at radius 1 is 1.37 bits per heavy atom. The van der Waals surface area contributed by atoms with Crippen LogP contribution in [0.1, 0.15) is 28.8 Å². The van der Waals surface area contributed by atoms with Gasteiger partial charge in [-0.1, -0.05) is 12.1 Å². The Kier molecular flexibility index (Phi) is 5.78. The van der Waals surface area contributed by atoms with Crippen LogP contribution in [-0.4, -0.2) is 18.7 Å². The van der Waals surface area contributed by atoms with Crippen molar-refractivity contribution in [1.29, 1.82) is 0 Å². The molecular weight excluding hydrogens is 261 g/mol. The number of amides is 1. The number of hydrogen-bond donors (Lipinski definition) is 2. The summed E-state index contributed by atoms with van der Waals surface area (Å²) in [7, 11) is 0. The zero-order chi connectivity index (χ0) is 14.3. The van der Waals surface area contributed by atoms with Crippen molar-refractivity contribution in [3.05, 3.63) is 35.4 Å². The number of rotatable bonds is 6. The smallest absolute Gasteiger partial charge is 0.377 e. The highest BCUT2D eigenvalue weighted by Gasteiger charge is 2.25. The summed E-state index contributed by atoms with van der Waals surface area (Å²) >= 11 is 0. The van der Waals surface area contributed by atoms with Crippen molar-refractivity contribution in [2.24, 2.45) is 5.84 Å². The minimum absolute atomic E-state index is 0.0207. The highest BCUT2D eigenvalue weighted by atomic mass is 19.4. The number of hydrazine groups is 1. The van der Waals surface area contributed by atoms with E-state index in [9.17, 15) is 18.0 Å². The Labute approximate surface area is 108 Å². The van der Waals surface area contributed by atoms with Crippen LogP contribution in [0.15, 0.2) is 24.3 Å². The molecule has 0 saturated carbocycles.